The third-order valence-corrected chi connectivity index (χ3v) is 2.16. The Hall–Kier alpha value is -1.58. The van der Waals surface area contributed by atoms with Crippen molar-refractivity contribution < 1.29 is 10.0 Å². The lowest BCUT2D eigenvalue weighted by Crippen LogP contribution is -1.96. The second kappa shape index (κ2) is 3.05. The average Bonchev–Trinajstić information content (AvgIpc) is 2.01. The molecule has 1 aromatic carbocycles. The largest absolute Gasteiger partial charge is 0.502 e. The zero-order chi connectivity index (χ0) is 10.2. The molecular formula is C9H11NO3. The molecule has 13 heavy (non-hydrogen) atoms. The molecule has 0 aliphatic heterocycles. The van der Waals surface area contributed by atoms with E-state index in [1.807, 2.05) is 0 Å². The van der Waals surface area contributed by atoms with Crippen LogP contribution in [0.3, 0.4) is 0 Å². The Bertz CT molecular complexity index is 345. The van der Waals surface area contributed by atoms with Gasteiger partial charge in [-0.05, 0) is 31.9 Å². The molecule has 0 bridgehead atoms. The molecule has 0 aliphatic rings. The molecule has 1 rings (SSSR count). The fraction of sp³-hybridized carbons (Fsp3) is 0.333. The highest BCUT2D eigenvalue weighted by atomic mass is 16.6. The molecule has 1 aromatic rings. The summed E-state index contributed by atoms with van der Waals surface area (Å²) >= 11 is 0. The van der Waals surface area contributed by atoms with Gasteiger partial charge in [-0.15, -0.1) is 0 Å². The van der Waals surface area contributed by atoms with Crippen LogP contribution in [0.2, 0.25) is 0 Å². The number of nitro groups is 1. The number of phenolic OH excluding ortho intramolecular Hbond substituents is 1. The first-order valence-electron chi connectivity index (χ1n) is 3.89. The van der Waals surface area contributed by atoms with Crippen molar-refractivity contribution in [2.45, 2.75) is 20.8 Å². The Morgan fingerprint density at radius 2 is 1.85 bits per heavy atom. The average molecular weight is 181 g/mol. The summed E-state index contributed by atoms with van der Waals surface area (Å²) in [7, 11) is 0. The molecule has 0 saturated heterocycles. The maximum atomic E-state index is 10.6. The van der Waals surface area contributed by atoms with Crippen LogP contribution >= 0.6 is 0 Å². The quantitative estimate of drug-likeness (QED) is 0.533. The van der Waals surface area contributed by atoms with Crippen molar-refractivity contribution >= 4 is 5.69 Å². The van der Waals surface area contributed by atoms with Gasteiger partial charge in [0.2, 0.25) is 0 Å². The molecule has 0 radical (unpaired) electrons. The van der Waals surface area contributed by atoms with Crippen LogP contribution in [-0.2, 0) is 0 Å². The number of nitrogens with zero attached hydrogens (tertiary/aromatic N) is 1. The summed E-state index contributed by atoms with van der Waals surface area (Å²) in [5.41, 5.74) is 1.70. The van der Waals surface area contributed by atoms with Gasteiger partial charge in [-0.25, -0.2) is 0 Å². The van der Waals surface area contributed by atoms with Crippen molar-refractivity contribution in [2.75, 3.05) is 0 Å². The molecule has 0 spiro atoms. The van der Waals surface area contributed by atoms with Crippen LogP contribution in [0.1, 0.15) is 16.7 Å². The van der Waals surface area contributed by atoms with Gasteiger partial charge in [0.1, 0.15) is 0 Å². The van der Waals surface area contributed by atoms with Gasteiger partial charge in [0.25, 0.3) is 0 Å². The van der Waals surface area contributed by atoms with Crippen LogP contribution < -0.4 is 0 Å². The first kappa shape index (κ1) is 9.51. The minimum absolute atomic E-state index is 0.183. The highest BCUT2D eigenvalue weighted by Gasteiger charge is 2.20. The lowest BCUT2D eigenvalue weighted by atomic mass is 10.0. The van der Waals surface area contributed by atoms with Gasteiger partial charge >= 0.3 is 5.69 Å². The SMILES string of the molecule is Cc1cc(C)c(O)c([N+](=O)[O-])c1C. The number of rotatable bonds is 1. The first-order valence-corrected chi connectivity index (χ1v) is 3.89. The number of hydrogen-bond acceptors (Lipinski definition) is 3. The fourth-order valence-electron chi connectivity index (χ4n) is 1.28. The first-order chi connectivity index (χ1) is 5.95. The Kier molecular flexibility index (Phi) is 2.23. The zero-order valence-corrected chi connectivity index (χ0v) is 7.79. The Labute approximate surface area is 76.0 Å². The van der Waals surface area contributed by atoms with Gasteiger partial charge in [-0.2, -0.15) is 0 Å². The highest BCUT2D eigenvalue weighted by molar-refractivity contribution is 5.58. The van der Waals surface area contributed by atoms with E-state index in [4.69, 9.17) is 0 Å². The molecule has 0 aliphatic carbocycles. The predicted octanol–water partition coefficient (Wildman–Crippen LogP) is 2.23. The summed E-state index contributed by atoms with van der Waals surface area (Å²) in [6.07, 6.45) is 0. The summed E-state index contributed by atoms with van der Waals surface area (Å²) in [5.74, 6) is -0.229. The number of benzene rings is 1. The molecule has 70 valence electrons. The summed E-state index contributed by atoms with van der Waals surface area (Å²) in [6.45, 7) is 5.07. The van der Waals surface area contributed by atoms with Gasteiger partial charge in [-0.1, -0.05) is 6.07 Å². The summed E-state index contributed by atoms with van der Waals surface area (Å²) < 4.78 is 0. The van der Waals surface area contributed by atoms with E-state index in [0.29, 0.717) is 11.1 Å². The lowest BCUT2D eigenvalue weighted by molar-refractivity contribution is -0.386. The number of aryl methyl sites for hydroxylation is 2. The second-order valence-electron chi connectivity index (χ2n) is 3.09. The van der Waals surface area contributed by atoms with Crippen molar-refractivity contribution in [2.24, 2.45) is 0 Å². The highest BCUT2D eigenvalue weighted by Crippen LogP contribution is 2.34. The summed E-state index contributed by atoms with van der Waals surface area (Å²) in [6, 6.07) is 1.73. The molecule has 0 saturated carbocycles. The maximum Gasteiger partial charge on any atom is 0.314 e. The molecule has 0 atom stereocenters. The van der Waals surface area contributed by atoms with Crippen molar-refractivity contribution in [3.8, 4) is 5.75 Å². The van der Waals surface area contributed by atoms with E-state index in [1.165, 1.54) is 0 Å². The zero-order valence-electron chi connectivity index (χ0n) is 7.79. The van der Waals surface area contributed by atoms with Crippen LogP contribution in [0, 0.1) is 30.9 Å². The van der Waals surface area contributed by atoms with Crippen LogP contribution in [-0.4, -0.2) is 10.0 Å². The predicted molar refractivity (Wildman–Crippen MR) is 49.0 cm³/mol. The Balaban J connectivity index is 3.56. The standard InChI is InChI=1S/C9H11NO3/c1-5-4-6(2)9(11)8(7(5)3)10(12)13/h4,11H,1-3H3. The maximum absolute atomic E-state index is 10.6. The van der Waals surface area contributed by atoms with Crippen molar-refractivity contribution in [1.82, 2.24) is 0 Å². The Morgan fingerprint density at radius 1 is 1.31 bits per heavy atom. The number of hydrogen-bond donors (Lipinski definition) is 1. The normalized spacial score (nSPS) is 10.1. The third kappa shape index (κ3) is 1.47. The monoisotopic (exact) mass is 181 g/mol. The second-order valence-corrected chi connectivity index (χ2v) is 3.09. The van der Waals surface area contributed by atoms with E-state index in [2.05, 4.69) is 0 Å². The lowest BCUT2D eigenvalue weighted by Gasteiger charge is -2.05. The number of nitro benzene ring substituents is 1. The van der Waals surface area contributed by atoms with E-state index in [-0.39, 0.29) is 11.4 Å². The molecule has 0 unspecified atom stereocenters. The van der Waals surface area contributed by atoms with Gasteiger partial charge in [0.15, 0.2) is 5.75 Å². The minimum Gasteiger partial charge on any atom is -0.502 e. The fourth-order valence-corrected chi connectivity index (χ4v) is 1.28. The smallest absolute Gasteiger partial charge is 0.314 e. The van der Waals surface area contributed by atoms with Gasteiger partial charge in [0.05, 0.1) is 4.92 Å². The summed E-state index contributed by atoms with van der Waals surface area (Å²) in [5, 5.41) is 20.0. The van der Waals surface area contributed by atoms with E-state index < -0.39 is 4.92 Å². The number of aromatic hydroxyl groups is 1. The van der Waals surface area contributed by atoms with E-state index in [0.717, 1.165) is 5.56 Å². The van der Waals surface area contributed by atoms with E-state index in [9.17, 15) is 15.2 Å². The minimum atomic E-state index is -0.551. The van der Waals surface area contributed by atoms with E-state index >= 15 is 0 Å². The van der Waals surface area contributed by atoms with Crippen LogP contribution in [0.25, 0.3) is 0 Å². The Morgan fingerprint density at radius 3 is 2.31 bits per heavy atom. The molecule has 0 aromatic heterocycles. The van der Waals surface area contributed by atoms with Gasteiger partial charge < -0.3 is 5.11 Å². The van der Waals surface area contributed by atoms with Crippen molar-refractivity contribution in [3.63, 3.8) is 0 Å². The van der Waals surface area contributed by atoms with Crippen molar-refractivity contribution in [1.29, 1.82) is 0 Å². The van der Waals surface area contributed by atoms with Gasteiger partial charge in [0, 0.05) is 5.56 Å². The topological polar surface area (TPSA) is 63.4 Å². The molecule has 0 fully saturated rings. The molecule has 0 heterocycles. The van der Waals surface area contributed by atoms with Crippen LogP contribution in [0.5, 0.6) is 5.75 Å². The van der Waals surface area contributed by atoms with E-state index in [1.54, 1.807) is 26.8 Å². The summed E-state index contributed by atoms with van der Waals surface area (Å²) in [4.78, 5) is 10.0. The molecular weight excluding hydrogens is 170 g/mol. The molecule has 1 N–H and O–H groups in total. The van der Waals surface area contributed by atoms with Crippen molar-refractivity contribution in [3.05, 3.63) is 32.9 Å². The van der Waals surface area contributed by atoms with Gasteiger partial charge in [-0.3, -0.25) is 10.1 Å². The van der Waals surface area contributed by atoms with Crippen LogP contribution in [0.4, 0.5) is 5.69 Å². The number of phenols is 1. The molecule has 4 nitrogen and oxygen atoms in total. The molecule has 4 heteroatoms. The molecule has 0 amide bonds. The van der Waals surface area contributed by atoms with Crippen LogP contribution in [0.15, 0.2) is 6.07 Å². The third-order valence-electron chi connectivity index (χ3n) is 2.16.